The molecule has 0 aliphatic rings. The molecule has 0 rings (SSSR count). The van der Waals surface area contributed by atoms with Gasteiger partial charge in [-0.1, -0.05) is 194 Å². The number of carboxylic acids is 4. The van der Waals surface area contributed by atoms with Gasteiger partial charge in [0.15, 0.2) is 6.10 Å². The minimum atomic E-state index is -4.80. The highest BCUT2D eigenvalue weighted by atomic mass is 31.2. The van der Waals surface area contributed by atoms with E-state index >= 15 is 0 Å². The quantitative estimate of drug-likeness (QED) is 0.0188. The third-order valence-corrected chi connectivity index (χ3v) is 14.1. The number of carbonyl (C=O) groups excluding carboxylic acids is 3. The molecule has 6 N–H and O–H groups in total. The number of ether oxygens (including phenoxy) is 2. The molecule has 22 heteroatoms. The van der Waals surface area contributed by atoms with Crippen LogP contribution in [-0.2, 0) is 56.6 Å². The SMILES string of the molecule is CCCCCCCCCCCCCCCCCC(=O)OC[C@H](COP(=O)(O)OCCNC(=O)CN(CCN(CCN(CC(=O)O)CC(=O)O)CC(=O)O)CC(=O)O)OC(=O)CCCCCCCCCCCCCCCCC. The molecule has 1 amide bonds. The maximum absolute atomic E-state index is 12.9. The second kappa shape index (κ2) is 50.5. The summed E-state index contributed by atoms with van der Waals surface area (Å²) in [5, 5.41) is 39.5. The van der Waals surface area contributed by atoms with Gasteiger partial charge in [0.05, 0.1) is 45.9 Å². The third kappa shape index (κ3) is 51.5. The van der Waals surface area contributed by atoms with Crippen LogP contribution >= 0.6 is 7.82 Å². The monoisotopic (exact) mass is 1120 g/mol. The number of carbonyl (C=O) groups is 7. The summed E-state index contributed by atoms with van der Waals surface area (Å²) in [5.41, 5.74) is 0. The van der Waals surface area contributed by atoms with Crippen LogP contribution in [0.2, 0.25) is 0 Å². The van der Waals surface area contributed by atoms with Gasteiger partial charge < -0.3 is 40.1 Å². The van der Waals surface area contributed by atoms with Crippen molar-refractivity contribution in [2.45, 2.75) is 225 Å². The number of hydrogen-bond acceptors (Lipinski definition) is 15. The molecule has 0 saturated carbocycles. The van der Waals surface area contributed by atoms with Gasteiger partial charge >= 0.3 is 43.6 Å². The van der Waals surface area contributed by atoms with Crippen molar-refractivity contribution in [3.05, 3.63) is 0 Å². The Hall–Kier alpha value is -3.72. The molecule has 450 valence electrons. The summed E-state index contributed by atoms with van der Waals surface area (Å²) in [6.07, 6.45) is 34.6. The first-order chi connectivity index (χ1) is 37.0. The summed E-state index contributed by atoms with van der Waals surface area (Å²) >= 11 is 0. The standard InChI is InChI=1S/C55H103N4O17P/c1-3-5-7-9-11-13-15-17-19-21-23-25-27-29-31-33-54(69)73-46-48(76-55(70)34-32-30-28-26-24-22-20-18-16-14-12-10-8-6-4-2)47-75-77(71,72)74-40-35-56-49(60)41-58(43-51(63)64)38-36-57(42-50(61)62)37-39-59(44-52(65)66)45-53(67)68/h48H,3-47H2,1-2H3,(H,56,60)(H,61,62)(H,63,64)(H,65,66)(H,67,68)(H,71,72)/t48-/m1/s1. The first-order valence-corrected chi connectivity index (χ1v) is 30.7. The van der Waals surface area contributed by atoms with E-state index in [9.17, 15) is 53.2 Å². The Balaban J connectivity index is 5.06. The van der Waals surface area contributed by atoms with Crippen LogP contribution in [0.25, 0.3) is 0 Å². The van der Waals surface area contributed by atoms with Gasteiger partial charge in [0.1, 0.15) is 6.61 Å². The number of phosphoric ester groups is 1. The van der Waals surface area contributed by atoms with Gasteiger partial charge in [-0.25, -0.2) is 4.57 Å². The first-order valence-electron chi connectivity index (χ1n) is 29.2. The Bertz CT molecular complexity index is 1590. The Morgan fingerprint density at radius 2 is 0.753 bits per heavy atom. The predicted octanol–water partition coefficient (Wildman–Crippen LogP) is 9.46. The number of carboxylic acid groups (broad SMARTS) is 4. The van der Waals surface area contributed by atoms with Crippen molar-refractivity contribution in [2.24, 2.45) is 0 Å². The maximum Gasteiger partial charge on any atom is 0.472 e. The minimum absolute atomic E-state index is 0.0753. The fourth-order valence-corrected chi connectivity index (χ4v) is 9.51. The van der Waals surface area contributed by atoms with Crippen molar-refractivity contribution in [3.8, 4) is 0 Å². The zero-order valence-electron chi connectivity index (χ0n) is 47.3. The number of esters is 2. The molecule has 0 spiro atoms. The molecule has 0 saturated heterocycles. The lowest BCUT2D eigenvalue weighted by Gasteiger charge is -2.27. The summed E-state index contributed by atoms with van der Waals surface area (Å²) in [4.78, 5) is 98.0. The van der Waals surface area contributed by atoms with Crippen LogP contribution in [0.1, 0.15) is 219 Å². The number of aliphatic carboxylic acids is 4. The molecule has 0 aromatic carbocycles. The molecule has 0 fully saturated rings. The summed E-state index contributed by atoms with van der Waals surface area (Å²) in [6, 6.07) is 0. The molecule has 0 aromatic rings. The fourth-order valence-electron chi connectivity index (χ4n) is 8.75. The highest BCUT2D eigenvalue weighted by Crippen LogP contribution is 2.43. The van der Waals surface area contributed by atoms with Crippen LogP contribution in [0.3, 0.4) is 0 Å². The fraction of sp³-hybridized carbons (Fsp3) is 0.873. The lowest BCUT2D eigenvalue weighted by molar-refractivity contribution is -0.161. The Morgan fingerprint density at radius 1 is 0.429 bits per heavy atom. The molecule has 0 bridgehead atoms. The van der Waals surface area contributed by atoms with Gasteiger partial charge in [-0.2, -0.15) is 0 Å². The van der Waals surface area contributed by atoms with Crippen LogP contribution in [-0.4, -0.2) is 173 Å². The summed E-state index contributed by atoms with van der Waals surface area (Å²) in [5.74, 6) is -6.84. The molecule has 77 heavy (non-hydrogen) atoms. The van der Waals surface area contributed by atoms with E-state index in [1.165, 1.54) is 145 Å². The number of amides is 1. The summed E-state index contributed by atoms with van der Waals surface area (Å²) in [6.45, 7) is -0.624. The molecular formula is C55H103N4O17P. The van der Waals surface area contributed by atoms with E-state index in [-0.39, 0.29) is 45.6 Å². The minimum Gasteiger partial charge on any atom is -0.480 e. The molecule has 0 radical (unpaired) electrons. The summed E-state index contributed by atoms with van der Waals surface area (Å²) < 4.78 is 34.0. The van der Waals surface area contributed by atoms with E-state index in [1.54, 1.807) is 0 Å². The normalized spacial score (nSPS) is 12.7. The van der Waals surface area contributed by atoms with Crippen molar-refractivity contribution in [1.29, 1.82) is 0 Å². The largest absolute Gasteiger partial charge is 0.480 e. The van der Waals surface area contributed by atoms with Crippen LogP contribution in [0.4, 0.5) is 0 Å². The second-order valence-electron chi connectivity index (χ2n) is 20.4. The van der Waals surface area contributed by atoms with Gasteiger partial charge in [-0.3, -0.25) is 57.3 Å². The zero-order valence-corrected chi connectivity index (χ0v) is 48.2. The van der Waals surface area contributed by atoms with Crippen LogP contribution in [0.5, 0.6) is 0 Å². The van der Waals surface area contributed by atoms with Gasteiger partial charge in [0, 0.05) is 45.6 Å². The van der Waals surface area contributed by atoms with Crippen molar-refractivity contribution in [3.63, 3.8) is 0 Å². The van der Waals surface area contributed by atoms with Gasteiger partial charge in [-0.15, -0.1) is 0 Å². The molecule has 0 aliphatic carbocycles. The molecule has 1 unspecified atom stereocenters. The molecular weight excluding hydrogens is 1020 g/mol. The first kappa shape index (κ1) is 73.3. The van der Waals surface area contributed by atoms with E-state index in [0.29, 0.717) is 12.8 Å². The van der Waals surface area contributed by atoms with Crippen LogP contribution in [0.15, 0.2) is 0 Å². The molecule has 0 aromatic heterocycles. The number of unbranched alkanes of at least 4 members (excludes halogenated alkanes) is 28. The number of hydrogen-bond donors (Lipinski definition) is 6. The Morgan fingerprint density at radius 3 is 1.13 bits per heavy atom. The van der Waals surface area contributed by atoms with Gasteiger partial charge in [-0.05, 0) is 12.8 Å². The van der Waals surface area contributed by atoms with E-state index in [2.05, 4.69) is 19.2 Å². The van der Waals surface area contributed by atoms with Crippen molar-refractivity contribution >= 4 is 49.5 Å². The predicted molar refractivity (Wildman–Crippen MR) is 295 cm³/mol. The molecule has 0 aliphatic heterocycles. The lowest BCUT2D eigenvalue weighted by atomic mass is 10.0. The van der Waals surface area contributed by atoms with Crippen molar-refractivity contribution < 1.29 is 82.0 Å². The van der Waals surface area contributed by atoms with Gasteiger partial charge in [0.25, 0.3) is 0 Å². The van der Waals surface area contributed by atoms with Crippen LogP contribution in [0, 0.1) is 0 Å². The third-order valence-electron chi connectivity index (χ3n) is 13.1. The van der Waals surface area contributed by atoms with Crippen molar-refractivity contribution in [2.75, 3.05) is 85.3 Å². The Kier molecular flexibility index (Phi) is 48.1. The topological polar surface area (TPSA) is 296 Å². The van der Waals surface area contributed by atoms with Gasteiger partial charge in [0.2, 0.25) is 5.91 Å². The molecule has 2 atom stereocenters. The number of phosphoric acid groups is 1. The smallest absolute Gasteiger partial charge is 0.472 e. The highest BCUT2D eigenvalue weighted by Gasteiger charge is 2.27. The lowest BCUT2D eigenvalue weighted by Crippen LogP contribution is -2.46. The highest BCUT2D eigenvalue weighted by molar-refractivity contribution is 7.47. The zero-order chi connectivity index (χ0) is 57.2. The number of nitrogens with one attached hydrogen (secondary N) is 1. The van der Waals surface area contributed by atoms with E-state index in [1.807, 2.05) is 0 Å². The molecule has 21 nitrogen and oxygen atoms in total. The van der Waals surface area contributed by atoms with Crippen molar-refractivity contribution in [1.82, 2.24) is 20.0 Å². The Labute approximate surface area is 460 Å². The number of rotatable bonds is 58. The second-order valence-corrected chi connectivity index (χ2v) is 21.9. The number of nitrogens with zero attached hydrogens (tertiary/aromatic N) is 3. The maximum atomic E-state index is 12.9. The van der Waals surface area contributed by atoms with E-state index < -0.39 is 108 Å². The average Bonchev–Trinajstić information content (AvgIpc) is 3.36. The summed E-state index contributed by atoms with van der Waals surface area (Å²) in [7, 11) is -4.80. The van der Waals surface area contributed by atoms with E-state index in [0.717, 1.165) is 49.8 Å². The van der Waals surface area contributed by atoms with Crippen LogP contribution < -0.4 is 5.32 Å². The van der Waals surface area contributed by atoms with E-state index in [4.69, 9.17) is 28.7 Å². The average molecular weight is 1120 g/mol. The molecule has 0 heterocycles.